The molecule has 2 aromatic rings. The molecule has 0 bridgehead atoms. The second kappa shape index (κ2) is 17.7. The smallest absolute Gasteiger partial charge is 0.0710 e. The van der Waals surface area contributed by atoms with Crippen molar-refractivity contribution >= 4 is 0 Å². The van der Waals surface area contributed by atoms with Crippen LogP contribution in [0.4, 0.5) is 0 Å². The van der Waals surface area contributed by atoms with Crippen LogP contribution in [0.5, 0.6) is 0 Å². The van der Waals surface area contributed by atoms with E-state index < -0.39 is 0 Å². The third-order valence-corrected chi connectivity index (χ3v) is 9.49. The molecule has 4 aliphatic heterocycles. The van der Waals surface area contributed by atoms with Crippen LogP contribution in [-0.4, -0.2) is 97.8 Å². The van der Waals surface area contributed by atoms with Gasteiger partial charge in [-0.25, -0.2) is 0 Å². The summed E-state index contributed by atoms with van der Waals surface area (Å²) in [5.41, 5.74) is 7.79. The van der Waals surface area contributed by atoms with Crippen LogP contribution in [0, 0.1) is 0 Å². The first-order valence-corrected chi connectivity index (χ1v) is 17.0. The molecule has 6 heterocycles. The molecule has 0 amide bonds. The number of likely N-dealkylation sites (tertiary alicyclic amines) is 2. The Morgan fingerprint density at radius 2 is 1.25 bits per heavy atom. The van der Waals surface area contributed by atoms with Gasteiger partial charge in [-0.15, -0.1) is 0 Å². The molecule has 0 aliphatic carbocycles. The average molecular weight is 611 g/mol. The lowest BCUT2D eigenvalue weighted by Gasteiger charge is -2.21. The Labute approximate surface area is 266 Å². The Hall–Kier alpha value is -1.94. The van der Waals surface area contributed by atoms with Gasteiger partial charge in [0.1, 0.15) is 0 Å². The fourth-order valence-electron chi connectivity index (χ4n) is 6.75. The average Bonchev–Trinajstić information content (AvgIpc) is 3.87. The highest BCUT2D eigenvalue weighted by Gasteiger charge is 2.27. The minimum atomic E-state index is 0.381. The Morgan fingerprint density at radius 3 is 1.66 bits per heavy atom. The predicted molar refractivity (Wildman–Crippen MR) is 176 cm³/mol. The van der Waals surface area contributed by atoms with Gasteiger partial charge in [0.15, 0.2) is 0 Å². The van der Waals surface area contributed by atoms with Crippen LogP contribution in [0.1, 0.15) is 117 Å². The largest absolute Gasteiger partial charge is 0.400 e. The Bertz CT molecular complexity index is 1130. The molecule has 4 fully saturated rings. The maximum atomic E-state index is 7.00. The molecule has 0 saturated carbocycles. The molecule has 3 atom stereocenters. The standard InChI is InChI=1S/C18H28N2O2.C17H26N2O.CH4O/c1-13(2)17-5-4-16(14-7-9-22-12-14)18(19-17)11-20-8-6-15(10-20)21-3;1-13(2)16-6-5-15(14-7-10-20-12-14)17(18-16)11-19-8-3-4-9-19;1-2/h4-5,13-15H,6-12H2,1-3H3;5-6,13-14H,3-4,7-12H2,1-2H3;2H,1H3. The van der Waals surface area contributed by atoms with Crippen molar-refractivity contribution in [2.45, 2.75) is 103 Å². The summed E-state index contributed by atoms with van der Waals surface area (Å²) >= 11 is 0. The molecule has 246 valence electrons. The molecule has 0 spiro atoms. The predicted octanol–water partition coefficient (Wildman–Crippen LogP) is 5.84. The van der Waals surface area contributed by atoms with Crippen LogP contribution < -0.4 is 0 Å². The van der Waals surface area contributed by atoms with Crippen molar-refractivity contribution in [1.29, 1.82) is 0 Å². The van der Waals surface area contributed by atoms with Gasteiger partial charge in [-0.05, 0) is 80.3 Å². The molecule has 3 unspecified atom stereocenters. The molecular formula is C36H58N4O4. The number of hydrogen-bond acceptors (Lipinski definition) is 8. The van der Waals surface area contributed by atoms with Crippen LogP contribution in [0.15, 0.2) is 24.3 Å². The van der Waals surface area contributed by atoms with Crippen molar-refractivity contribution in [3.63, 3.8) is 0 Å². The van der Waals surface area contributed by atoms with Gasteiger partial charge in [-0.3, -0.25) is 19.8 Å². The van der Waals surface area contributed by atoms with Gasteiger partial charge in [0.2, 0.25) is 0 Å². The van der Waals surface area contributed by atoms with Gasteiger partial charge in [0.05, 0.1) is 30.7 Å². The van der Waals surface area contributed by atoms with Gasteiger partial charge < -0.3 is 19.3 Å². The fraction of sp³-hybridized carbons (Fsp3) is 0.722. The lowest BCUT2D eigenvalue weighted by atomic mass is 9.95. The van der Waals surface area contributed by atoms with Crippen molar-refractivity contribution < 1.29 is 19.3 Å². The van der Waals surface area contributed by atoms with E-state index in [9.17, 15) is 0 Å². The number of aromatic nitrogens is 2. The van der Waals surface area contributed by atoms with Crippen molar-refractivity contribution in [2.24, 2.45) is 0 Å². The molecular weight excluding hydrogens is 552 g/mol. The summed E-state index contributed by atoms with van der Waals surface area (Å²) in [5, 5.41) is 7.00. The zero-order valence-electron chi connectivity index (χ0n) is 28.3. The molecule has 8 heteroatoms. The number of hydrogen-bond donors (Lipinski definition) is 1. The van der Waals surface area contributed by atoms with E-state index in [-0.39, 0.29) is 0 Å². The number of rotatable bonds is 9. The van der Waals surface area contributed by atoms with Crippen LogP contribution >= 0.6 is 0 Å². The minimum Gasteiger partial charge on any atom is -0.400 e. The molecule has 6 rings (SSSR count). The van der Waals surface area contributed by atoms with Gasteiger partial charge in [0.25, 0.3) is 0 Å². The summed E-state index contributed by atoms with van der Waals surface area (Å²) in [6, 6.07) is 9.02. The quantitative estimate of drug-likeness (QED) is 0.379. The zero-order chi connectivity index (χ0) is 31.5. The molecule has 4 aliphatic rings. The Kier molecular flexibility index (Phi) is 14.0. The SMILES string of the molecule is CC(C)c1ccc(C2CCOC2)c(CN2CCCC2)n1.CO.COC1CCN(Cc2nc(C(C)C)ccc2C2CCOC2)C1. The van der Waals surface area contributed by atoms with Crippen LogP contribution in [-0.2, 0) is 27.3 Å². The summed E-state index contributed by atoms with van der Waals surface area (Å²) in [7, 11) is 2.81. The summed E-state index contributed by atoms with van der Waals surface area (Å²) in [5.74, 6) is 2.05. The maximum Gasteiger partial charge on any atom is 0.0710 e. The molecule has 0 aromatic carbocycles. The maximum absolute atomic E-state index is 7.00. The number of nitrogens with zero attached hydrogens (tertiary/aromatic N) is 4. The van der Waals surface area contributed by atoms with Gasteiger partial charge in [0, 0.05) is 76.8 Å². The first-order chi connectivity index (χ1) is 21.4. The highest BCUT2D eigenvalue weighted by Crippen LogP contribution is 2.31. The number of pyridine rings is 2. The molecule has 44 heavy (non-hydrogen) atoms. The van der Waals surface area contributed by atoms with Gasteiger partial charge in [-0.1, -0.05) is 39.8 Å². The summed E-state index contributed by atoms with van der Waals surface area (Å²) in [4.78, 5) is 15.0. The van der Waals surface area contributed by atoms with Crippen LogP contribution in [0.2, 0.25) is 0 Å². The first-order valence-electron chi connectivity index (χ1n) is 17.0. The second-order valence-electron chi connectivity index (χ2n) is 13.3. The number of methoxy groups -OCH3 is 1. The third kappa shape index (κ3) is 9.54. The van der Waals surface area contributed by atoms with Crippen LogP contribution in [0.3, 0.4) is 0 Å². The zero-order valence-corrected chi connectivity index (χ0v) is 28.3. The monoisotopic (exact) mass is 610 g/mol. The van der Waals surface area contributed by atoms with Gasteiger partial charge in [-0.2, -0.15) is 0 Å². The van der Waals surface area contributed by atoms with E-state index in [1.54, 1.807) is 0 Å². The van der Waals surface area contributed by atoms with E-state index in [0.29, 0.717) is 29.8 Å². The van der Waals surface area contributed by atoms with Crippen LogP contribution in [0.25, 0.3) is 0 Å². The third-order valence-electron chi connectivity index (χ3n) is 9.49. The van der Waals surface area contributed by atoms with E-state index in [4.69, 9.17) is 29.3 Å². The summed E-state index contributed by atoms with van der Waals surface area (Å²) < 4.78 is 16.6. The van der Waals surface area contributed by atoms with E-state index >= 15 is 0 Å². The first kappa shape index (κ1) is 34.9. The van der Waals surface area contributed by atoms with E-state index in [0.717, 1.165) is 79.0 Å². The van der Waals surface area contributed by atoms with Crippen molar-refractivity contribution in [2.75, 3.05) is 66.8 Å². The Morgan fingerprint density at radius 1 is 0.750 bits per heavy atom. The summed E-state index contributed by atoms with van der Waals surface area (Å²) in [6.07, 6.45) is 6.46. The molecule has 4 saturated heterocycles. The minimum absolute atomic E-state index is 0.381. The normalized spacial score (nSPS) is 24.1. The Balaban J connectivity index is 0.000000191. The summed E-state index contributed by atoms with van der Waals surface area (Å²) in [6.45, 7) is 18.9. The fourth-order valence-corrected chi connectivity index (χ4v) is 6.75. The van der Waals surface area contributed by atoms with E-state index in [1.165, 1.54) is 59.8 Å². The van der Waals surface area contributed by atoms with Crippen molar-refractivity contribution in [3.8, 4) is 0 Å². The number of ether oxygens (including phenoxy) is 3. The van der Waals surface area contributed by atoms with Gasteiger partial charge >= 0.3 is 0 Å². The lowest BCUT2D eigenvalue weighted by molar-refractivity contribution is 0.107. The highest BCUT2D eigenvalue weighted by atomic mass is 16.5. The molecule has 1 N–H and O–H groups in total. The topological polar surface area (TPSA) is 80.2 Å². The van der Waals surface area contributed by atoms with Crippen molar-refractivity contribution in [3.05, 3.63) is 58.2 Å². The highest BCUT2D eigenvalue weighted by molar-refractivity contribution is 5.30. The second-order valence-corrected chi connectivity index (χ2v) is 13.3. The van der Waals surface area contributed by atoms with Crippen molar-refractivity contribution in [1.82, 2.24) is 19.8 Å². The molecule has 8 nitrogen and oxygen atoms in total. The van der Waals surface area contributed by atoms with E-state index in [1.807, 2.05) is 7.11 Å². The van der Waals surface area contributed by atoms with E-state index in [2.05, 4.69) is 61.8 Å². The number of aliphatic hydroxyl groups is 1. The lowest BCUT2D eigenvalue weighted by Crippen LogP contribution is -2.24. The molecule has 2 aromatic heterocycles. The number of aliphatic hydroxyl groups excluding tert-OH is 1. The molecule has 0 radical (unpaired) electrons.